The minimum atomic E-state index is -0.393. The summed E-state index contributed by atoms with van der Waals surface area (Å²) in [6, 6.07) is 0. The maximum Gasteiger partial charge on any atom is 0.264 e. The van der Waals surface area contributed by atoms with E-state index in [1.54, 1.807) is 25.2 Å². The highest BCUT2D eigenvalue weighted by atomic mass is 16.2. The molecule has 0 saturated carbocycles. The number of carbonyl (C=O) groups excluding carboxylic acids is 4. The van der Waals surface area contributed by atoms with Crippen molar-refractivity contribution in [2.75, 3.05) is 0 Å². The zero-order chi connectivity index (χ0) is 32.0. The van der Waals surface area contributed by atoms with Crippen LogP contribution >= 0.6 is 0 Å². The van der Waals surface area contributed by atoms with Gasteiger partial charge in [0.05, 0.1) is 0 Å². The van der Waals surface area contributed by atoms with Gasteiger partial charge in [0, 0.05) is 35.5 Å². The van der Waals surface area contributed by atoms with E-state index in [0.717, 1.165) is 40.1 Å². The maximum absolute atomic E-state index is 11.4. The van der Waals surface area contributed by atoms with E-state index in [2.05, 4.69) is 48.5 Å². The molecule has 0 aromatic heterocycles. The van der Waals surface area contributed by atoms with Crippen molar-refractivity contribution in [3.63, 3.8) is 0 Å². The molecule has 0 bridgehead atoms. The topological polar surface area (TPSA) is 101 Å². The summed E-state index contributed by atoms with van der Waals surface area (Å²) >= 11 is 0. The maximum atomic E-state index is 11.4. The van der Waals surface area contributed by atoms with Crippen molar-refractivity contribution in [2.45, 2.75) is 109 Å². The van der Waals surface area contributed by atoms with Crippen LogP contribution in [-0.4, -0.2) is 33.9 Å². The lowest BCUT2D eigenvalue weighted by molar-refractivity contribution is -0.134. The van der Waals surface area contributed by atoms with Crippen LogP contribution in [0.4, 0.5) is 0 Å². The lowest BCUT2D eigenvalue weighted by Crippen LogP contribution is -2.38. The first-order valence-electron chi connectivity index (χ1n) is 14.7. The van der Waals surface area contributed by atoms with E-state index in [9.17, 15) is 19.2 Å². The molecule has 1 heterocycles. The molecule has 0 aromatic rings. The summed E-state index contributed by atoms with van der Waals surface area (Å²) in [4.78, 5) is 44.9. The van der Waals surface area contributed by atoms with Crippen molar-refractivity contribution in [3.05, 3.63) is 72.2 Å². The molecule has 3 amide bonds. The molecule has 7 nitrogen and oxygen atoms in total. The first-order valence-corrected chi connectivity index (χ1v) is 14.7. The Morgan fingerprint density at radius 3 is 2.02 bits per heavy atom. The summed E-state index contributed by atoms with van der Waals surface area (Å²) in [6.45, 7) is 21.4. The first-order chi connectivity index (χ1) is 19.2. The van der Waals surface area contributed by atoms with Crippen LogP contribution in [0.25, 0.3) is 0 Å². The second kappa shape index (κ2) is 24.3. The van der Waals surface area contributed by atoms with E-state index in [1.807, 2.05) is 32.1 Å². The third kappa shape index (κ3) is 18.9. The molecule has 238 valence electrons. The Morgan fingerprint density at radius 1 is 1.12 bits per heavy atom. The van der Waals surface area contributed by atoms with E-state index in [0.29, 0.717) is 17.4 Å². The number of imide groups is 1. The number of hydrogen-bond acceptors (Lipinski definition) is 5. The number of nitrogens with zero attached hydrogens (tertiary/aromatic N) is 2. The number of hydrazine groups is 1. The number of hydrogen-bond donors (Lipinski definition) is 1. The monoisotopic (exact) mass is 585 g/mol. The van der Waals surface area contributed by atoms with Crippen LogP contribution in [0.15, 0.2) is 72.2 Å². The zero-order valence-corrected chi connectivity index (χ0v) is 27.1. The van der Waals surface area contributed by atoms with Gasteiger partial charge in [-0.05, 0) is 49.8 Å². The molecular formula is C35H59N3O4. The Bertz CT molecular complexity index is 974. The van der Waals surface area contributed by atoms with Crippen molar-refractivity contribution >= 4 is 24.0 Å². The van der Waals surface area contributed by atoms with Crippen LogP contribution in [0, 0.1) is 17.3 Å². The van der Waals surface area contributed by atoms with Gasteiger partial charge in [0.25, 0.3) is 17.7 Å². The molecule has 0 saturated heterocycles. The number of allylic oxidation sites excluding steroid dienone is 9. The molecule has 2 N–H and O–H groups in total. The van der Waals surface area contributed by atoms with Crippen LogP contribution in [0.1, 0.15) is 109 Å². The van der Waals surface area contributed by atoms with E-state index in [-0.39, 0.29) is 25.2 Å². The van der Waals surface area contributed by atoms with E-state index >= 15 is 0 Å². The highest BCUT2D eigenvalue weighted by Crippen LogP contribution is 2.23. The van der Waals surface area contributed by atoms with Crippen LogP contribution in [0.3, 0.4) is 0 Å². The van der Waals surface area contributed by atoms with Crippen molar-refractivity contribution in [1.82, 2.24) is 9.91 Å². The molecule has 42 heavy (non-hydrogen) atoms. The van der Waals surface area contributed by atoms with Gasteiger partial charge >= 0.3 is 0 Å². The first kappa shape index (κ1) is 43.1. The minimum Gasteiger partial charge on any atom is -0.299 e. The Balaban J connectivity index is -0.000000513. The molecule has 0 radical (unpaired) electrons. The van der Waals surface area contributed by atoms with Crippen molar-refractivity contribution in [1.29, 1.82) is 0 Å². The van der Waals surface area contributed by atoms with Crippen molar-refractivity contribution < 1.29 is 19.2 Å². The van der Waals surface area contributed by atoms with Gasteiger partial charge in [0.1, 0.15) is 6.29 Å². The Kier molecular flexibility index (Phi) is 25.0. The van der Waals surface area contributed by atoms with Gasteiger partial charge in [-0.25, -0.2) is 15.8 Å². The average Bonchev–Trinajstić information content (AvgIpc) is 3.28. The van der Waals surface area contributed by atoms with Gasteiger partial charge in [-0.3, -0.25) is 19.2 Å². The molecule has 0 aromatic carbocycles. The third-order valence-corrected chi connectivity index (χ3v) is 6.70. The van der Waals surface area contributed by atoms with E-state index in [4.69, 9.17) is 5.84 Å². The average molecular weight is 586 g/mol. The number of carbonyl (C=O) groups is 4. The van der Waals surface area contributed by atoms with Crippen LogP contribution < -0.4 is 5.84 Å². The van der Waals surface area contributed by atoms with Gasteiger partial charge in [-0.1, -0.05) is 113 Å². The van der Waals surface area contributed by atoms with Gasteiger partial charge in [0.2, 0.25) is 0 Å². The van der Waals surface area contributed by atoms with Gasteiger partial charge < -0.3 is 0 Å². The molecule has 1 atom stereocenters. The molecule has 2 rings (SSSR count). The van der Waals surface area contributed by atoms with Gasteiger partial charge in [-0.2, -0.15) is 0 Å². The van der Waals surface area contributed by atoms with Crippen molar-refractivity contribution in [3.8, 4) is 0 Å². The summed E-state index contributed by atoms with van der Waals surface area (Å²) in [5.74, 6) is 5.81. The smallest absolute Gasteiger partial charge is 0.264 e. The highest BCUT2D eigenvalue weighted by molar-refractivity contribution is 6.14. The lowest BCUT2D eigenvalue weighted by Gasteiger charge is -2.24. The summed E-state index contributed by atoms with van der Waals surface area (Å²) in [6.07, 6.45) is 22.6. The zero-order valence-electron chi connectivity index (χ0n) is 27.1. The number of aldehydes is 1. The molecule has 1 aliphatic heterocycles. The van der Waals surface area contributed by atoms with Gasteiger partial charge in [-0.15, -0.1) is 0 Å². The van der Waals surface area contributed by atoms with Crippen LogP contribution in [-0.2, 0) is 19.2 Å². The number of rotatable bonds is 9. The SMILES string of the molecule is C.C/C=C\C=C(/C)N1C(=O)C=CC1=O.CC1CC=CC=C1N(N)C(=O)/C=C\C=O.CCC(C)(C)CC.CCCC(C)C. The summed E-state index contributed by atoms with van der Waals surface area (Å²) < 4.78 is 0. The standard InChI is InChI=1S/C11H14N2O2.C10H11NO2.C7H16.C6H14.CH4/c1-9-5-2-3-6-10(9)13(12)11(15)7-4-8-14;1-3-4-5-8(2)11-9(12)6-7-10(11)13;1-5-7(3,4)6-2;1-4-5-6(2)3;/h2-4,6-9H,5,12H2,1H3;3-7H,1-2H3;5-6H2,1-4H3;6H,4-5H2,1-3H3;1H4/b7-4-;4-3-,8-5+;;;. The predicted octanol–water partition coefficient (Wildman–Crippen LogP) is 8.23. The quantitative estimate of drug-likeness (QED) is 0.0559. The minimum absolute atomic E-state index is 0. The largest absolute Gasteiger partial charge is 0.299 e. The Hall–Kier alpha value is -3.32. The second-order valence-electron chi connectivity index (χ2n) is 11.1. The fraction of sp³-hybridized carbons (Fsp3) is 0.543. The molecule has 7 heteroatoms. The highest BCUT2D eigenvalue weighted by Gasteiger charge is 2.24. The van der Waals surface area contributed by atoms with Gasteiger partial charge in [0.15, 0.2) is 0 Å². The summed E-state index contributed by atoms with van der Waals surface area (Å²) in [5.41, 5.74) is 1.98. The predicted molar refractivity (Wildman–Crippen MR) is 178 cm³/mol. The lowest BCUT2D eigenvalue weighted by atomic mass is 9.88. The Morgan fingerprint density at radius 2 is 1.67 bits per heavy atom. The fourth-order valence-corrected chi connectivity index (χ4v) is 3.27. The fourth-order valence-electron chi connectivity index (χ4n) is 3.27. The molecule has 1 unspecified atom stereocenters. The third-order valence-electron chi connectivity index (χ3n) is 6.70. The van der Waals surface area contributed by atoms with Crippen LogP contribution in [0.2, 0.25) is 0 Å². The Labute approximate surface area is 256 Å². The van der Waals surface area contributed by atoms with Crippen LogP contribution in [0.5, 0.6) is 0 Å². The molecular weight excluding hydrogens is 526 g/mol. The normalized spacial score (nSPS) is 16.2. The summed E-state index contributed by atoms with van der Waals surface area (Å²) in [7, 11) is 0. The second-order valence-corrected chi connectivity index (χ2v) is 11.1. The summed E-state index contributed by atoms with van der Waals surface area (Å²) in [5, 5.41) is 1.08. The number of nitrogens with two attached hydrogens (primary N) is 1. The molecule has 1 aliphatic carbocycles. The number of amides is 3. The molecule has 0 fully saturated rings. The molecule has 2 aliphatic rings. The van der Waals surface area contributed by atoms with E-state index < -0.39 is 5.91 Å². The van der Waals surface area contributed by atoms with E-state index in [1.165, 1.54) is 37.8 Å². The molecule has 0 spiro atoms. The van der Waals surface area contributed by atoms with Crippen molar-refractivity contribution in [2.24, 2.45) is 23.1 Å².